The largest absolute Gasteiger partial charge is 0.503 e. The fourth-order valence-corrected chi connectivity index (χ4v) is 3.65. The maximum atomic E-state index is 12.8. The predicted molar refractivity (Wildman–Crippen MR) is 91.5 cm³/mol. The van der Waals surface area contributed by atoms with E-state index in [0.717, 1.165) is 25.9 Å². The Hall–Kier alpha value is -2.80. The highest BCUT2D eigenvalue weighted by atomic mass is 16.3. The lowest BCUT2D eigenvalue weighted by Gasteiger charge is -2.26. The van der Waals surface area contributed by atoms with Gasteiger partial charge in [0.25, 0.3) is 5.91 Å². The highest BCUT2D eigenvalue weighted by Gasteiger charge is 2.45. The standard InChI is InChI=1S/C19H20N2O5/c22-17(14-6-4-12-26-14)15-16(13-5-3-11-25-13)21(19(24)18(15)23)10-9-20-7-1-2-8-20/h3-6,11-12,16,23H,1-2,7-10H2. The monoisotopic (exact) mass is 356 g/mol. The minimum Gasteiger partial charge on any atom is -0.503 e. The molecule has 1 atom stereocenters. The van der Waals surface area contributed by atoms with E-state index in [0.29, 0.717) is 18.8 Å². The molecule has 2 aromatic heterocycles. The van der Waals surface area contributed by atoms with Gasteiger partial charge in [0.05, 0.1) is 18.1 Å². The number of hydrogen-bond donors (Lipinski definition) is 1. The zero-order valence-corrected chi connectivity index (χ0v) is 14.3. The first-order chi connectivity index (χ1) is 12.7. The zero-order valence-electron chi connectivity index (χ0n) is 14.3. The molecule has 2 aliphatic rings. The summed E-state index contributed by atoms with van der Waals surface area (Å²) in [6, 6.07) is 5.75. The van der Waals surface area contributed by atoms with Crippen molar-refractivity contribution >= 4 is 11.7 Å². The third kappa shape index (κ3) is 2.84. The van der Waals surface area contributed by atoms with E-state index in [1.54, 1.807) is 18.2 Å². The number of aliphatic hydroxyl groups is 1. The van der Waals surface area contributed by atoms with Gasteiger partial charge in [0.1, 0.15) is 11.8 Å². The zero-order chi connectivity index (χ0) is 18.1. The third-order valence-corrected chi connectivity index (χ3v) is 4.96. The maximum Gasteiger partial charge on any atom is 0.290 e. The van der Waals surface area contributed by atoms with Gasteiger partial charge in [-0.25, -0.2) is 0 Å². The summed E-state index contributed by atoms with van der Waals surface area (Å²) in [5.41, 5.74) is 0.00122. The summed E-state index contributed by atoms with van der Waals surface area (Å²) in [5, 5.41) is 10.4. The van der Waals surface area contributed by atoms with Gasteiger partial charge in [-0.05, 0) is 50.2 Å². The van der Waals surface area contributed by atoms with Crippen LogP contribution in [-0.2, 0) is 4.79 Å². The molecule has 0 aromatic carbocycles. The van der Waals surface area contributed by atoms with Crippen LogP contribution in [0.3, 0.4) is 0 Å². The Morgan fingerprint density at radius 2 is 1.85 bits per heavy atom. The quantitative estimate of drug-likeness (QED) is 0.801. The molecule has 2 aliphatic heterocycles. The molecule has 1 saturated heterocycles. The first-order valence-electron chi connectivity index (χ1n) is 8.75. The molecule has 4 rings (SSSR count). The average Bonchev–Trinajstić information content (AvgIpc) is 3.43. The maximum absolute atomic E-state index is 12.8. The van der Waals surface area contributed by atoms with Crippen molar-refractivity contribution in [2.24, 2.45) is 0 Å². The topological polar surface area (TPSA) is 87.1 Å². The van der Waals surface area contributed by atoms with Gasteiger partial charge < -0.3 is 23.7 Å². The fraction of sp³-hybridized carbons (Fsp3) is 0.368. The summed E-state index contributed by atoms with van der Waals surface area (Å²) in [6.07, 6.45) is 5.18. The van der Waals surface area contributed by atoms with Crippen LogP contribution in [0.4, 0.5) is 0 Å². The van der Waals surface area contributed by atoms with E-state index >= 15 is 0 Å². The van der Waals surface area contributed by atoms with Crippen LogP contribution >= 0.6 is 0 Å². The van der Waals surface area contributed by atoms with Gasteiger partial charge in [0, 0.05) is 13.1 Å². The molecule has 1 N–H and O–H groups in total. The fourth-order valence-electron chi connectivity index (χ4n) is 3.65. The molecule has 1 fully saturated rings. The van der Waals surface area contributed by atoms with E-state index in [2.05, 4.69) is 4.90 Å². The van der Waals surface area contributed by atoms with Crippen LogP contribution in [0.5, 0.6) is 0 Å². The summed E-state index contributed by atoms with van der Waals surface area (Å²) in [6.45, 7) is 3.11. The Labute approximate surface area is 150 Å². The molecular formula is C19H20N2O5. The summed E-state index contributed by atoms with van der Waals surface area (Å²) in [7, 11) is 0. The Balaban J connectivity index is 1.65. The van der Waals surface area contributed by atoms with Gasteiger partial charge in [-0.3, -0.25) is 9.59 Å². The number of carbonyl (C=O) groups is 2. The summed E-state index contributed by atoms with van der Waals surface area (Å²) in [5.74, 6) is -1.07. The first-order valence-corrected chi connectivity index (χ1v) is 8.75. The Kier molecular flexibility index (Phi) is 4.38. The van der Waals surface area contributed by atoms with E-state index in [4.69, 9.17) is 8.83 Å². The van der Waals surface area contributed by atoms with Crippen molar-refractivity contribution in [1.82, 2.24) is 9.80 Å². The molecule has 2 aromatic rings. The lowest BCUT2D eigenvalue weighted by molar-refractivity contribution is -0.129. The van der Waals surface area contributed by atoms with Crippen molar-refractivity contribution in [3.8, 4) is 0 Å². The lowest BCUT2D eigenvalue weighted by atomic mass is 10.00. The lowest BCUT2D eigenvalue weighted by Crippen LogP contribution is -2.37. The molecule has 7 nitrogen and oxygen atoms in total. The van der Waals surface area contributed by atoms with Crippen molar-refractivity contribution < 1.29 is 23.5 Å². The SMILES string of the molecule is O=C(C1=C(O)C(=O)N(CCN2CCCC2)C1c1ccco1)c1ccco1. The van der Waals surface area contributed by atoms with Crippen LogP contribution in [0.2, 0.25) is 0 Å². The third-order valence-electron chi connectivity index (χ3n) is 4.96. The van der Waals surface area contributed by atoms with Crippen LogP contribution in [0.1, 0.15) is 35.2 Å². The molecule has 0 saturated carbocycles. The number of likely N-dealkylation sites (tertiary alicyclic amines) is 1. The van der Waals surface area contributed by atoms with Gasteiger partial charge in [-0.15, -0.1) is 0 Å². The van der Waals surface area contributed by atoms with E-state index in [9.17, 15) is 14.7 Å². The van der Waals surface area contributed by atoms with Gasteiger partial charge in [0.2, 0.25) is 5.78 Å². The summed E-state index contributed by atoms with van der Waals surface area (Å²) in [4.78, 5) is 29.3. The number of Topliss-reactive ketones (excluding diaryl/α,β-unsaturated/α-hetero) is 1. The molecule has 0 radical (unpaired) electrons. The van der Waals surface area contributed by atoms with E-state index in [-0.39, 0.29) is 11.3 Å². The Bertz CT molecular complexity index is 816. The van der Waals surface area contributed by atoms with Gasteiger partial charge >= 0.3 is 0 Å². The van der Waals surface area contributed by atoms with Crippen LogP contribution in [-0.4, -0.2) is 52.8 Å². The van der Waals surface area contributed by atoms with Crippen LogP contribution in [0.15, 0.2) is 57.0 Å². The molecule has 0 aliphatic carbocycles. The Morgan fingerprint density at radius 1 is 1.12 bits per heavy atom. The minimum atomic E-state index is -0.752. The number of carbonyl (C=O) groups excluding carboxylic acids is 2. The molecule has 136 valence electrons. The summed E-state index contributed by atoms with van der Waals surface area (Å²) >= 11 is 0. The second-order valence-corrected chi connectivity index (χ2v) is 6.53. The van der Waals surface area contributed by atoms with Crippen LogP contribution in [0.25, 0.3) is 0 Å². The van der Waals surface area contributed by atoms with Crippen molar-refractivity contribution in [3.63, 3.8) is 0 Å². The van der Waals surface area contributed by atoms with Gasteiger partial charge in [-0.2, -0.15) is 0 Å². The van der Waals surface area contributed by atoms with E-state index < -0.39 is 23.5 Å². The second-order valence-electron chi connectivity index (χ2n) is 6.53. The molecule has 4 heterocycles. The smallest absolute Gasteiger partial charge is 0.290 e. The molecule has 1 amide bonds. The number of hydrogen-bond acceptors (Lipinski definition) is 6. The summed E-state index contributed by atoms with van der Waals surface area (Å²) < 4.78 is 10.6. The number of rotatable bonds is 6. The number of nitrogens with zero attached hydrogens (tertiary/aromatic N) is 2. The number of ketones is 1. The molecular weight excluding hydrogens is 336 g/mol. The van der Waals surface area contributed by atoms with Crippen LogP contribution < -0.4 is 0 Å². The highest BCUT2D eigenvalue weighted by molar-refractivity contribution is 6.14. The normalized spacial score (nSPS) is 21.2. The average molecular weight is 356 g/mol. The second kappa shape index (κ2) is 6.84. The van der Waals surface area contributed by atoms with Gasteiger partial charge in [0.15, 0.2) is 11.5 Å². The van der Waals surface area contributed by atoms with Crippen molar-refractivity contribution in [3.05, 3.63) is 59.6 Å². The van der Waals surface area contributed by atoms with Crippen LogP contribution in [0, 0.1) is 0 Å². The van der Waals surface area contributed by atoms with Crippen molar-refractivity contribution in [1.29, 1.82) is 0 Å². The highest BCUT2D eigenvalue weighted by Crippen LogP contribution is 2.39. The molecule has 7 heteroatoms. The Morgan fingerprint density at radius 3 is 2.50 bits per heavy atom. The van der Waals surface area contributed by atoms with E-state index in [1.807, 2.05) is 0 Å². The molecule has 1 unspecified atom stereocenters. The number of aliphatic hydroxyl groups excluding tert-OH is 1. The molecule has 0 bridgehead atoms. The molecule has 26 heavy (non-hydrogen) atoms. The number of amides is 1. The van der Waals surface area contributed by atoms with E-state index in [1.165, 1.54) is 23.5 Å². The minimum absolute atomic E-state index is 0.00122. The molecule has 0 spiro atoms. The predicted octanol–water partition coefficient (Wildman–Crippen LogP) is 2.55. The van der Waals surface area contributed by atoms with Crippen molar-refractivity contribution in [2.45, 2.75) is 18.9 Å². The number of furan rings is 2. The van der Waals surface area contributed by atoms with Crippen molar-refractivity contribution in [2.75, 3.05) is 26.2 Å². The van der Waals surface area contributed by atoms with Gasteiger partial charge in [-0.1, -0.05) is 0 Å². The first kappa shape index (κ1) is 16.7.